The molecule has 1 saturated heterocycles. The monoisotopic (exact) mass is 457 g/mol. The predicted octanol–water partition coefficient (Wildman–Crippen LogP) is 3.83. The highest BCUT2D eigenvalue weighted by molar-refractivity contribution is 7.89. The number of rotatable bonds is 7. The lowest BCUT2D eigenvalue weighted by atomic mass is 10.1. The average Bonchev–Trinajstić information content (AvgIpc) is 3.45. The fourth-order valence-corrected chi connectivity index (χ4v) is 5.08. The van der Waals surface area contributed by atoms with Crippen LogP contribution in [0, 0.1) is 6.92 Å². The summed E-state index contributed by atoms with van der Waals surface area (Å²) < 4.78 is 33.2. The van der Waals surface area contributed by atoms with Gasteiger partial charge in [0.2, 0.25) is 10.0 Å². The summed E-state index contributed by atoms with van der Waals surface area (Å²) in [5.41, 5.74) is 3.14. The van der Waals surface area contributed by atoms with E-state index in [0.717, 1.165) is 29.7 Å². The minimum atomic E-state index is -3.74. The second kappa shape index (κ2) is 9.27. The van der Waals surface area contributed by atoms with E-state index in [4.69, 9.17) is 4.74 Å². The Morgan fingerprint density at radius 1 is 1.23 bits per heavy atom. The van der Waals surface area contributed by atoms with E-state index in [1.165, 1.54) is 23.5 Å². The minimum absolute atomic E-state index is 0.0395. The molecule has 0 aliphatic carbocycles. The second-order valence-corrected chi connectivity index (χ2v) is 10.00. The van der Waals surface area contributed by atoms with Gasteiger partial charge in [0.25, 0.3) is 5.91 Å². The fraction of sp³-hybridized carbons (Fsp3) is 0.273. The highest BCUT2D eigenvalue weighted by Gasteiger charge is 2.21. The van der Waals surface area contributed by atoms with Gasteiger partial charge in [0, 0.05) is 29.7 Å². The standard InChI is InChI=1S/C22H23N3O4S2/c1-15-7-9-16(10-8-15)20-14-30-22(24-20)25-21(26)17-4-2-6-19(12-17)31(27,28)23-13-18-5-3-11-29-18/h2,4,6-10,12,14,18,23H,3,5,11,13H2,1H3,(H,24,25,26). The number of hydrogen-bond acceptors (Lipinski definition) is 6. The van der Waals surface area contributed by atoms with Gasteiger partial charge in [0.15, 0.2) is 5.13 Å². The minimum Gasteiger partial charge on any atom is -0.377 e. The van der Waals surface area contributed by atoms with Crippen molar-refractivity contribution in [1.82, 2.24) is 9.71 Å². The summed E-state index contributed by atoms with van der Waals surface area (Å²) in [7, 11) is -3.74. The van der Waals surface area contributed by atoms with Crippen molar-refractivity contribution in [3.05, 3.63) is 65.0 Å². The van der Waals surface area contributed by atoms with Crippen LogP contribution in [0.25, 0.3) is 11.3 Å². The second-order valence-electron chi connectivity index (χ2n) is 7.37. The lowest BCUT2D eigenvalue weighted by Gasteiger charge is -2.12. The van der Waals surface area contributed by atoms with Crippen molar-refractivity contribution in [2.24, 2.45) is 0 Å². The van der Waals surface area contributed by atoms with Crippen molar-refractivity contribution in [3.63, 3.8) is 0 Å². The first kappa shape index (κ1) is 21.6. The summed E-state index contributed by atoms with van der Waals surface area (Å²) >= 11 is 1.32. The number of anilines is 1. The van der Waals surface area contributed by atoms with Crippen LogP contribution in [0.4, 0.5) is 5.13 Å². The topological polar surface area (TPSA) is 97.4 Å². The number of nitrogens with zero attached hydrogens (tertiary/aromatic N) is 1. The van der Waals surface area contributed by atoms with Gasteiger partial charge in [-0.15, -0.1) is 11.3 Å². The molecule has 2 aromatic carbocycles. The molecule has 7 nitrogen and oxygen atoms in total. The molecular formula is C22H23N3O4S2. The summed E-state index contributed by atoms with van der Waals surface area (Å²) in [5, 5.41) is 5.07. The molecule has 162 valence electrons. The fourth-order valence-electron chi connectivity index (χ4n) is 3.25. The maximum absolute atomic E-state index is 12.7. The lowest BCUT2D eigenvalue weighted by Crippen LogP contribution is -2.32. The molecule has 1 aromatic heterocycles. The summed E-state index contributed by atoms with van der Waals surface area (Å²) in [5.74, 6) is -0.416. The number of benzene rings is 2. The maximum atomic E-state index is 12.7. The van der Waals surface area contributed by atoms with E-state index < -0.39 is 15.9 Å². The molecule has 0 bridgehead atoms. The van der Waals surface area contributed by atoms with Gasteiger partial charge in [0.05, 0.1) is 16.7 Å². The molecule has 0 radical (unpaired) electrons. The molecule has 3 aromatic rings. The Balaban J connectivity index is 1.44. The normalized spacial score (nSPS) is 16.4. The van der Waals surface area contributed by atoms with E-state index in [1.807, 2.05) is 36.6 Å². The molecule has 31 heavy (non-hydrogen) atoms. The molecule has 1 amide bonds. The zero-order valence-electron chi connectivity index (χ0n) is 17.0. The zero-order valence-corrected chi connectivity index (χ0v) is 18.6. The Hall–Kier alpha value is -2.59. The molecule has 9 heteroatoms. The number of nitrogens with one attached hydrogen (secondary N) is 2. The molecule has 0 spiro atoms. The van der Waals surface area contributed by atoms with E-state index in [0.29, 0.717) is 11.7 Å². The van der Waals surface area contributed by atoms with Gasteiger partial charge in [0.1, 0.15) is 0 Å². The highest BCUT2D eigenvalue weighted by atomic mass is 32.2. The van der Waals surface area contributed by atoms with E-state index in [1.54, 1.807) is 12.1 Å². The number of aryl methyl sites for hydroxylation is 1. The number of carbonyl (C=O) groups is 1. The summed E-state index contributed by atoms with van der Waals surface area (Å²) in [6, 6.07) is 13.9. The number of hydrogen-bond donors (Lipinski definition) is 2. The first-order valence-electron chi connectivity index (χ1n) is 9.96. The third-order valence-electron chi connectivity index (χ3n) is 5.00. The Kier molecular flexibility index (Phi) is 6.47. The number of sulfonamides is 1. The van der Waals surface area contributed by atoms with Crippen molar-refractivity contribution < 1.29 is 17.9 Å². The van der Waals surface area contributed by atoms with E-state index in [-0.39, 0.29) is 23.1 Å². The number of ether oxygens (including phenoxy) is 1. The average molecular weight is 458 g/mol. The van der Waals surface area contributed by atoms with Crippen LogP contribution in [0.15, 0.2) is 58.8 Å². The van der Waals surface area contributed by atoms with Crippen LogP contribution in [0.5, 0.6) is 0 Å². The van der Waals surface area contributed by atoms with Crippen molar-refractivity contribution in [1.29, 1.82) is 0 Å². The summed E-state index contributed by atoms with van der Waals surface area (Å²) in [4.78, 5) is 17.2. The Labute approximate surface area is 185 Å². The van der Waals surface area contributed by atoms with Crippen LogP contribution in [-0.4, -0.2) is 38.6 Å². The van der Waals surface area contributed by atoms with Crippen molar-refractivity contribution >= 4 is 32.4 Å². The molecule has 2 heterocycles. The van der Waals surface area contributed by atoms with Crippen LogP contribution < -0.4 is 10.0 Å². The van der Waals surface area contributed by atoms with Gasteiger partial charge < -0.3 is 4.74 Å². The molecule has 4 rings (SSSR count). The smallest absolute Gasteiger partial charge is 0.257 e. The number of carbonyl (C=O) groups excluding carboxylic acids is 1. The van der Waals surface area contributed by atoms with E-state index >= 15 is 0 Å². The zero-order chi connectivity index (χ0) is 21.8. The van der Waals surface area contributed by atoms with Crippen LogP contribution in [-0.2, 0) is 14.8 Å². The molecule has 1 unspecified atom stereocenters. The van der Waals surface area contributed by atoms with Gasteiger partial charge in [-0.05, 0) is 38.0 Å². The molecule has 2 N–H and O–H groups in total. The first-order valence-corrected chi connectivity index (χ1v) is 12.3. The van der Waals surface area contributed by atoms with Crippen LogP contribution >= 0.6 is 11.3 Å². The summed E-state index contributed by atoms with van der Waals surface area (Å²) in [6.45, 7) is 2.90. The molecule has 1 aliphatic rings. The first-order chi connectivity index (χ1) is 14.9. The van der Waals surface area contributed by atoms with Crippen LogP contribution in [0.3, 0.4) is 0 Å². The van der Waals surface area contributed by atoms with Gasteiger partial charge in [-0.3, -0.25) is 10.1 Å². The van der Waals surface area contributed by atoms with Gasteiger partial charge >= 0.3 is 0 Å². The Morgan fingerprint density at radius 3 is 2.77 bits per heavy atom. The van der Waals surface area contributed by atoms with Crippen molar-refractivity contribution in [2.75, 3.05) is 18.5 Å². The summed E-state index contributed by atoms with van der Waals surface area (Å²) in [6.07, 6.45) is 1.67. The SMILES string of the molecule is Cc1ccc(-c2csc(NC(=O)c3cccc(S(=O)(=O)NCC4CCCO4)c3)n2)cc1. The largest absolute Gasteiger partial charge is 0.377 e. The van der Waals surface area contributed by atoms with Crippen molar-refractivity contribution in [3.8, 4) is 11.3 Å². The van der Waals surface area contributed by atoms with Gasteiger partial charge in [-0.1, -0.05) is 35.9 Å². The number of thiazole rings is 1. The Bertz CT molecular complexity index is 1170. The molecule has 1 fully saturated rings. The quantitative estimate of drug-likeness (QED) is 0.562. The predicted molar refractivity (Wildman–Crippen MR) is 121 cm³/mol. The molecule has 1 aliphatic heterocycles. The third kappa shape index (κ3) is 5.37. The highest BCUT2D eigenvalue weighted by Crippen LogP contribution is 2.25. The number of aromatic nitrogens is 1. The lowest BCUT2D eigenvalue weighted by molar-refractivity contribution is 0.102. The third-order valence-corrected chi connectivity index (χ3v) is 7.18. The molecular weight excluding hydrogens is 434 g/mol. The van der Waals surface area contributed by atoms with Gasteiger partial charge in [-0.25, -0.2) is 18.1 Å². The van der Waals surface area contributed by atoms with Crippen LogP contribution in [0.1, 0.15) is 28.8 Å². The van der Waals surface area contributed by atoms with Crippen molar-refractivity contribution in [2.45, 2.75) is 30.8 Å². The Morgan fingerprint density at radius 2 is 2.03 bits per heavy atom. The van der Waals surface area contributed by atoms with E-state index in [9.17, 15) is 13.2 Å². The van der Waals surface area contributed by atoms with E-state index in [2.05, 4.69) is 15.0 Å². The van der Waals surface area contributed by atoms with Crippen LogP contribution in [0.2, 0.25) is 0 Å². The van der Waals surface area contributed by atoms with Gasteiger partial charge in [-0.2, -0.15) is 0 Å². The maximum Gasteiger partial charge on any atom is 0.257 e. The molecule has 0 saturated carbocycles. The number of amides is 1. The molecule has 1 atom stereocenters.